The van der Waals surface area contributed by atoms with Gasteiger partial charge >= 0.3 is 0 Å². The Kier molecular flexibility index (Phi) is 9.23. The lowest BCUT2D eigenvalue weighted by molar-refractivity contribution is 0.660. The van der Waals surface area contributed by atoms with E-state index in [0.717, 1.165) is 79.1 Å². The Morgan fingerprint density at radius 3 is 1.82 bits per heavy atom. The molecular formula is C60H45N5. The summed E-state index contributed by atoms with van der Waals surface area (Å²) in [5.74, 6) is 2.16. The monoisotopic (exact) mass is 835 g/mol. The van der Waals surface area contributed by atoms with Crippen molar-refractivity contribution in [2.45, 2.75) is 31.6 Å². The van der Waals surface area contributed by atoms with Crippen LogP contribution in [-0.4, -0.2) is 19.5 Å². The highest BCUT2D eigenvalue weighted by Crippen LogP contribution is 2.51. The molecule has 0 saturated heterocycles. The molecule has 0 bridgehead atoms. The number of fused-ring (bicyclic) bond motifs is 6. The third kappa shape index (κ3) is 6.50. The molecule has 0 radical (unpaired) electrons. The molecule has 2 heterocycles. The lowest BCUT2D eigenvalue weighted by Gasteiger charge is -2.28. The van der Waals surface area contributed by atoms with E-state index in [1.807, 2.05) is 18.2 Å². The van der Waals surface area contributed by atoms with Gasteiger partial charge in [-0.15, -0.1) is 0 Å². The summed E-state index contributed by atoms with van der Waals surface area (Å²) in [5.41, 5.74) is 16.1. The highest BCUT2D eigenvalue weighted by atomic mass is 15.1. The summed E-state index contributed by atoms with van der Waals surface area (Å²) in [5, 5.41) is 2.30. The molecule has 12 rings (SSSR count). The highest BCUT2D eigenvalue weighted by Gasteiger charge is 2.36. The molecule has 8 aromatic carbocycles. The maximum Gasteiger partial charge on any atom is 0.165 e. The second kappa shape index (κ2) is 15.6. The molecule has 2 aromatic heterocycles. The van der Waals surface area contributed by atoms with Crippen molar-refractivity contribution in [3.63, 3.8) is 0 Å². The van der Waals surface area contributed by atoms with Gasteiger partial charge in [0, 0.05) is 61.5 Å². The summed E-state index contributed by atoms with van der Waals surface area (Å²) in [6.07, 6.45) is 9.40. The Balaban J connectivity index is 1.02. The molecule has 5 heteroatoms. The zero-order chi connectivity index (χ0) is 43.5. The Morgan fingerprint density at radius 1 is 0.477 bits per heavy atom. The normalized spacial score (nSPS) is 14.7. The molecule has 0 spiro atoms. The van der Waals surface area contributed by atoms with Crippen LogP contribution in [0.4, 0.5) is 17.1 Å². The minimum Gasteiger partial charge on any atom is -0.310 e. The molecule has 2 aliphatic carbocycles. The predicted molar refractivity (Wildman–Crippen MR) is 268 cm³/mol. The van der Waals surface area contributed by atoms with Crippen molar-refractivity contribution in [1.82, 2.24) is 19.5 Å². The average Bonchev–Trinajstić information content (AvgIpc) is 3.84. The van der Waals surface area contributed by atoms with Crippen LogP contribution >= 0.6 is 0 Å². The fourth-order valence-electron chi connectivity index (χ4n) is 10.2. The number of benzene rings is 8. The summed E-state index contributed by atoms with van der Waals surface area (Å²) >= 11 is 0. The molecule has 65 heavy (non-hydrogen) atoms. The second-order valence-corrected chi connectivity index (χ2v) is 17.6. The van der Waals surface area contributed by atoms with E-state index in [1.54, 1.807) is 0 Å². The standard InChI is InChI=1S/C60H45N5/c1-60(2)53-32-16-15-27-48(53)49-38-37-46(39-54(49)60)64(43-23-11-5-12-24-43)45-35-33-40(34-36-45)47-28-17-29-50-51-30-18-31-52(56(51)65(55(47)50)44-25-13-6-14-26-44)59-62-57(41-19-7-3-8-20-41)61-58(63-59)42-21-9-4-10-22-42/h3-21,23-39,42H,22H2,1-2H3. The fourth-order valence-corrected chi connectivity index (χ4v) is 10.2. The Labute approximate surface area is 379 Å². The first-order chi connectivity index (χ1) is 32.0. The molecule has 1 atom stereocenters. The van der Waals surface area contributed by atoms with Crippen LogP contribution in [0.3, 0.4) is 0 Å². The Hall–Kier alpha value is -8.15. The fraction of sp³-hybridized carbons (Fsp3) is 0.0833. The number of hydrogen-bond acceptors (Lipinski definition) is 4. The van der Waals surface area contributed by atoms with Gasteiger partial charge in [-0.1, -0.05) is 178 Å². The van der Waals surface area contributed by atoms with Gasteiger partial charge in [-0.2, -0.15) is 0 Å². The molecule has 0 saturated carbocycles. The van der Waals surface area contributed by atoms with Crippen LogP contribution in [0.2, 0.25) is 0 Å². The summed E-state index contributed by atoms with van der Waals surface area (Å²) in [7, 11) is 0. The highest BCUT2D eigenvalue weighted by molar-refractivity contribution is 6.17. The molecular weight excluding hydrogens is 791 g/mol. The zero-order valence-electron chi connectivity index (χ0n) is 36.3. The number of aromatic nitrogens is 4. The van der Waals surface area contributed by atoms with Crippen LogP contribution in [0, 0.1) is 0 Å². The zero-order valence-corrected chi connectivity index (χ0v) is 36.3. The van der Waals surface area contributed by atoms with Crippen molar-refractivity contribution in [2.24, 2.45) is 0 Å². The van der Waals surface area contributed by atoms with Crippen LogP contribution in [0.25, 0.3) is 72.5 Å². The quantitative estimate of drug-likeness (QED) is 0.153. The lowest BCUT2D eigenvalue weighted by atomic mass is 9.82. The van der Waals surface area contributed by atoms with E-state index in [2.05, 4.69) is 224 Å². The molecule has 0 N–H and O–H groups in total. The minimum atomic E-state index is -0.107. The second-order valence-electron chi connectivity index (χ2n) is 17.6. The van der Waals surface area contributed by atoms with Crippen LogP contribution < -0.4 is 4.90 Å². The topological polar surface area (TPSA) is 46.8 Å². The van der Waals surface area contributed by atoms with Gasteiger partial charge in [-0.3, -0.25) is 0 Å². The van der Waals surface area contributed by atoms with Crippen LogP contribution in [0.1, 0.15) is 43.1 Å². The van der Waals surface area contributed by atoms with Crippen molar-refractivity contribution in [3.8, 4) is 50.7 Å². The Morgan fingerprint density at radius 2 is 1.08 bits per heavy atom. The van der Waals surface area contributed by atoms with Crippen LogP contribution in [0.5, 0.6) is 0 Å². The van der Waals surface area contributed by atoms with Crippen molar-refractivity contribution >= 4 is 38.9 Å². The molecule has 10 aromatic rings. The van der Waals surface area contributed by atoms with Crippen LogP contribution in [-0.2, 0) is 5.41 Å². The molecule has 310 valence electrons. The van der Waals surface area contributed by atoms with E-state index >= 15 is 0 Å². The largest absolute Gasteiger partial charge is 0.310 e. The van der Waals surface area contributed by atoms with Gasteiger partial charge in [0.15, 0.2) is 11.6 Å². The predicted octanol–water partition coefficient (Wildman–Crippen LogP) is 15.3. The van der Waals surface area contributed by atoms with Gasteiger partial charge in [-0.05, 0) is 88.8 Å². The smallest absolute Gasteiger partial charge is 0.165 e. The van der Waals surface area contributed by atoms with Crippen molar-refractivity contribution in [2.75, 3.05) is 4.90 Å². The average molecular weight is 836 g/mol. The summed E-state index contributed by atoms with van der Waals surface area (Å²) in [4.78, 5) is 18.0. The molecule has 0 aliphatic heterocycles. The molecule has 2 aliphatic rings. The lowest BCUT2D eigenvalue weighted by Crippen LogP contribution is -2.16. The van der Waals surface area contributed by atoms with Crippen molar-refractivity contribution < 1.29 is 0 Å². The van der Waals surface area contributed by atoms with Gasteiger partial charge in [0.1, 0.15) is 5.82 Å². The number of allylic oxidation sites excluding steroid dienone is 4. The van der Waals surface area contributed by atoms with Crippen molar-refractivity contribution in [3.05, 3.63) is 235 Å². The molecule has 0 fully saturated rings. The minimum absolute atomic E-state index is 0.0578. The number of para-hydroxylation sites is 4. The molecule has 0 amide bonds. The maximum atomic E-state index is 5.28. The van der Waals surface area contributed by atoms with E-state index in [1.165, 1.54) is 22.3 Å². The first kappa shape index (κ1) is 38.5. The molecule has 1 unspecified atom stereocenters. The maximum absolute atomic E-state index is 5.28. The van der Waals surface area contributed by atoms with Gasteiger partial charge in [-0.25, -0.2) is 15.0 Å². The third-order valence-corrected chi connectivity index (χ3v) is 13.3. The summed E-state index contributed by atoms with van der Waals surface area (Å²) < 4.78 is 2.42. The van der Waals surface area contributed by atoms with Gasteiger partial charge in [0.05, 0.1) is 11.0 Å². The molecule has 5 nitrogen and oxygen atoms in total. The first-order valence-electron chi connectivity index (χ1n) is 22.5. The third-order valence-electron chi connectivity index (χ3n) is 13.3. The van der Waals surface area contributed by atoms with Gasteiger partial charge < -0.3 is 9.47 Å². The van der Waals surface area contributed by atoms with Crippen molar-refractivity contribution in [1.29, 1.82) is 0 Å². The van der Waals surface area contributed by atoms with E-state index in [9.17, 15) is 0 Å². The van der Waals surface area contributed by atoms with E-state index in [-0.39, 0.29) is 11.3 Å². The SMILES string of the molecule is CC1(C)c2ccccc2-c2ccc(N(c3ccccc3)c3ccc(-c4cccc5c6cccc(-c7nc(-c8ccccc8)nc(C8C=CC=CC8)n7)c6n(-c6ccccc6)c45)cc3)cc21. The first-order valence-corrected chi connectivity index (χ1v) is 22.5. The van der Waals surface area contributed by atoms with E-state index in [4.69, 9.17) is 15.0 Å². The number of hydrogen-bond donors (Lipinski definition) is 0. The Bertz CT molecular complexity index is 3480. The summed E-state index contributed by atoms with van der Waals surface area (Å²) in [6.45, 7) is 4.69. The van der Waals surface area contributed by atoms with E-state index in [0.29, 0.717) is 11.6 Å². The summed E-state index contributed by atoms with van der Waals surface area (Å²) in [6, 6.07) is 69.8. The number of rotatable bonds is 8. The van der Waals surface area contributed by atoms with Gasteiger partial charge in [0.2, 0.25) is 0 Å². The van der Waals surface area contributed by atoms with E-state index < -0.39 is 0 Å². The number of anilines is 3. The number of nitrogens with zero attached hydrogens (tertiary/aromatic N) is 5. The van der Waals surface area contributed by atoms with Crippen LogP contribution in [0.15, 0.2) is 218 Å². The van der Waals surface area contributed by atoms with Gasteiger partial charge in [0.25, 0.3) is 0 Å².